The molecule has 4 heteroatoms. The number of benzene rings is 1. The molecule has 125 valence electrons. The third kappa shape index (κ3) is 3.84. The minimum atomic E-state index is 0.722. The van der Waals surface area contributed by atoms with Crippen LogP contribution >= 0.6 is 11.6 Å². The van der Waals surface area contributed by atoms with Crippen LogP contribution in [0.4, 0.5) is 5.69 Å². The highest BCUT2D eigenvalue weighted by Crippen LogP contribution is 2.36. The summed E-state index contributed by atoms with van der Waals surface area (Å²) in [5.74, 6) is 2.77. The summed E-state index contributed by atoms with van der Waals surface area (Å²) in [5, 5.41) is 1.86. The number of pyridine rings is 1. The van der Waals surface area contributed by atoms with Gasteiger partial charge in [0.1, 0.15) is 0 Å². The first-order valence-electron chi connectivity index (χ1n) is 8.26. The molecule has 2 aromatic rings. The van der Waals surface area contributed by atoms with Crippen molar-refractivity contribution >= 4 is 28.2 Å². The van der Waals surface area contributed by atoms with E-state index in [-0.39, 0.29) is 0 Å². The number of anilines is 1. The number of fused-ring (bicyclic) bond motifs is 1. The van der Waals surface area contributed by atoms with Crippen LogP contribution < -0.4 is 4.90 Å². The number of hydrogen-bond donors (Lipinski definition) is 0. The zero-order valence-electron chi connectivity index (χ0n) is 14.5. The molecule has 1 aromatic heterocycles. The fourth-order valence-electron chi connectivity index (χ4n) is 3.10. The summed E-state index contributed by atoms with van der Waals surface area (Å²) in [6, 6.07) is 8.01. The number of nitrogens with zero attached hydrogens (tertiary/aromatic N) is 3. The van der Waals surface area contributed by atoms with Crippen molar-refractivity contribution in [2.45, 2.75) is 6.92 Å². The molecule has 0 amide bonds. The molecule has 0 unspecified atom stereocenters. The van der Waals surface area contributed by atoms with Crippen molar-refractivity contribution in [1.82, 2.24) is 9.88 Å². The van der Waals surface area contributed by atoms with Gasteiger partial charge in [-0.2, -0.15) is 0 Å². The van der Waals surface area contributed by atoms with E-state index in [1.807, 2.05) is 18.3 Å². The van der Waals surface area contributed by atoms with Gasteiger partial charge in [0.25, 0.3) is 0 Å². The standard InChI is InChI=1S/C20H23ClN3/c1-4-24(14-16-7-5-6-15(16)13-23(2)3)20-10-11-22-19-12-17(21)8-9-18(19)20/h5-12H,4,13-14H2,1-3H3. The van der Waals surface area contributed by atoms with Gasteiger partial charge in [-0.3, -0.25) is 4.98 Å². The van der Waals surface area contributed by atoms with E-state index in [9.17, 15) is 0 Å². The van der Waals surface area contributed by atoms with Crippen LogP contribution in [0.3, 0.4) is 0 Å². The molecule has 0 atom stereocenters. The minimum Gasteiger partial charge on any atom is -0.371 e. The van der Waals surface area contributed by atoms with Crippen LogP contribution in [0.25, 0.3) is 10.9 Å². The van der Waals surface area contributed by atoms with Crippen molar-refractivity contribution in [2.24, 2.45) is 0 Å². The van der Waals surface area contributed by atoms with Crippen LogP contribution in [0, 0.1) is 31.1 Å². The maximum Gasteiger partial charge on any atom is 0.0737 e. The largest absolute Gasteiger partial charge is 0.371 e. The Morgan fingerprint density at radius 3 is 2.50 bits per heavy atom. The summed E-state index contributed by atoms with van der Waals surface area (Å²) in [6.07, 6.45) is 8.45. The van der Waals surface area contributed by atoms with Crippen LogP contribution in [-0.2, 0) is 0 Å². The molecule has 1 aliphatic carbocycles. The zero-order chi connectivity index (χ0) is 17.1. The van der Waals surface area contributed by atoms with Gasteiger partial charge in [-0.15, -0.1) is 0 Å². The number of rotatable bonds is 6. The van der Waals surface area contributed by atoms with E-state index in [1.54, 1.807) is 0 Å². The van der Waals surface area contributed by atoms with Gasteiger partial charge in [-0.05, 0) is 64.5 Å². The molecule has 1 aromatic carbocycles. The van der Waals surface area contributed by atoms with Crippen molar-refractivity contribution in [2.75, 3.05) is 38.6 Å². The summed E-state index contributed by atoms with van der Waals surface area (Å²) < 4.78 is 0. The Balaban J connectivity index is 1.84. The lowest BCUT2D eigenvalue weighted by molar-refractivity contribution is 0.426. The molecule has 0 bridgehead atoms. The summed E-state index contributed by atoms with van der Waals surface area (Å²) in [5.41, 5.74) is 2.14. The van der Waals surface area contributed by atoms with E-state index in [0.717, 1.165) is 35.6 Å². The van der Waals surface area contributed by atoms with E-state index in [2.05, 4.69) is 67.2 Å². The first-order valence-corrected chi connectivity index (χ1v) is 8.63. The zero-order valence-corrected chi connectivity index (χ0v) is 15.2. The van der Waals surface area contributed by atoms with Gasteiger partial charge in [-0.25, -0.2) is 0 Å². The average Bonchev–Trinajstić information content (AvgIpc) is 2.98. The second-order valence-corrected chi connectivity index (χ2v) is 6.76. The van der Waals surface area contributed by atoms with Crippen LogP contribution in [0.5, 0.6) is 0 Å². The topological polar surface area (TPSA) is 19.4 Å². The Labute approximate surface area is 150 Å². The lowest BCUT2D eigenvalue weighted by Gasteiger charge is -2.30. The summed E-state index contributed by atoms with van der Waals surface area (Å²) in [7, 11) is 4.21. The third-order valence-electron chi connectivity index (χ3n) is 4.26. The smallest absolute Gasteiger partial charge is 0.0737 e. The van der Waals surface area contributed by atoms with Crippen LogP contribution in [-0.4, -0.2) is 43.6 Å². The predicted molar refractivity (Wildman–Crippen MR) is 103 cm³/mol. The Hall–Kier alpha value is -1.32. The summed E-state index contributed by atoms with van der Waals surface area (Å²) in [6.45, 7) is 4.99. The molecular formula is C20H23ClN3. The molecule has 0 N–H and O–H groups in total. The minimum absolute atomic E-state index is 0.722. The van der Waals surface area contributed by atoms with Gasteiger partial charge >= 0.3 is 0 Å². The molecule has 0 spiro atoms. The molecule has 1 aliphatic rings. The first-order chi connectivity index (χ1) is 11.6. The van der Waals surface area contributed by atoms with Gasteiger partial charge in [0.15, 0.2) is 0 Å². The quantitative estimate of drug-likeness (QED) is 0.790. The Morgan fingerprint density at radius 1 is 1.04 bits per heavy atom. The van der Waals surface area contributed by atoms with E-state index in [0.29, 0.717) is 0 Å². The average molecular weight is 341 g/mol. The fraction of sp³-hybridized carbons (Fsp3) is 0.300. The maximum atomic E-state index is 6.11. The van der Waals surface area contributed by atoms with Crippen LogP contribution in [0.2, 0.25) is 5.02 Å². The monoisotopic (exact) mass is 340 g/mol. The molecule has 3 nitrogen and oxygen atoms in total. The van der Waals surface area contributed by atoms with Crippen molar-refractivity contribution in [3.63, 3.8) is 0 Å². The fourth-order valence-corrected chi connectivity index (χ4v) is 3.26. The molecular weight excluding hydrogens is 318 g/mol. The van der Waals surface area contributed by atoms with Crippen molar-refractivity contribution < 1.29 is 0 Å². The SMILES string of the molecule is CCN(C[C]1[CH][CH][CH][C]1CN(C)C)c1ccnc2cc(Cl)ccc12. The molecule has 5 radical (unpaired) electrons. The molecule has 1 heterocycles. The highest BCUT2D eigenvalue weighted by Gasteiger charge is 2.31. The van der Waals surface area contributed by atoms with E-state index in [1.165, 1.54) is 17.5 Å². The van der Waals surface area contributed by atoms with Gasteiger partial charge < -0.3 is 9.80 Å². The number of hydrogen-bond acceptors (Lipinski definition) is 3. The number of halogens is 1. The summed E-state index contributed by atoms with van der Waals surface area (Å²) >= 11 is 6.11. The molecule has 1 fully saturated rings. The lowest BCUT2D eigenvalue weighted by Crippen LogP contribution is -2.32. The van der Waals surface area contributed by atoms with Gasteiger partial charge in [0.2, 0.25) is 0 Å². The molecule has 0 aliphatic heterocycles. The van der Waals surface area contributed by atoms with Crippen molar-refractivity contribution in [3.8, 4) is 0 Å². The summed E-state index contributed by atoms with van der Waals surface area (Å²) in [4.78, 5) is 9.06. The van der Waals surface area contributed by atoms with E-state index < -0.39 is 0 Å². The van der Waals surface area contributed by atoms with Gasteiger partial charge in [-0.1, -0.05) is 11.6 Å². The molecule has 3 rings (SSSR count). The highest BCUT2D eigenvalue weighted by molar-refractivity contribution is 6.31. The van der Waals surface area contributed by atoms with Crippen molar-refractivity contribution in [3.05, 3.63) is 66.6 Å². The van der Waals surface area contributed by atoms with Crippen LogP contribution in [0.15, 0.2) is 30.5 Å². The van der Waals surface area contributed by atoms with Gasteiger partial charge in [0.05, 0.1) is 5.52 Å². The normalized spacial score (nSPS) is 16.4. The third-order valence-corrected chi connectivity index (χ3v) is 4.49. The number of aromatic nitrogens is 1. The van der Waals surface area contributed by atoms with E-state index >= 15 is 0 Å². The van der Waals surface area contributed by atoms with Crippen LogP contribution in [0.1, 0.15) is 6.92 Å². The maximum absolute atomic E-state index is 6.11. The Bertz CT molecular complexity index is 686. The second kappa shape index (κ2) is 7.71. The van der Waals surface area contributed by atoms with Gasteiger partial charge in [0, 0.05) is 53.8 Å². The molecule has 24 heavy (non-hydrogen) atoms. The van der Waals surface area contributed by atoms with Crippen molar-refractivity contribution in [1.29, 1.82) is 0 Å². The van der Waals surface area contributed by atoms with E-state index in [4.69, 9.17) is 11.6 Å². The first kappa shape index (κ1) is 17.5. The second-order valence-electron chi connectivity index (χ2n) is 6.32. The Morgan fingerprint density at radius 2 is 1.79 bits per heavy atom. The molecule has 1 saturated carbocycles. The Kier molecular flexibility index (Phi) is 5.62. The lowest BCUT2D eigenvalue weighted by atomic mass is 9.94. The predicted octanol–water partition coefficient (Wildman–Crippen LogP) is 4.05. The molecule has 0 saturated heterocycles. The highest BCUT2D eigenvalue weighted by atomic mass is 35.5.